The van der Waals surface area contributed by atoms with Crippen molar-refractivity contribution >= 4 is 20.9 Å². The number of rotatable bonds is 1. The van der Waals surface area contributed by atoms with Gasteiger partial charge in [0.2, 0.25) is 0 Å². The fraction of sp³-hybridized carbons (Fsp3) is 0.0625. The van der Waals surface area contributed by atoms with Crippen LogP contribution in [0.3, 0.4) is 0 Å². The second-order valence-electron chi connectivity index (χ2n) is 5.32. The van der Waals surface area contributed by atoms with Gasteiger partial charge in [0.05, 0.1) is 10.6 Å². The van der Waals surface area contributed by atoms with Crippen LogP contribution in [0.2, 0.25) is 0 Å². The smallest absolute Gasteiger partial charge is 0.294 e. The number of nitrogens with one attached hydrogen (secondary N) is 1. The lowest BCUT2D eigenvalue weighted by molar-refractivity contribution is 0.483. The van der Waals surface area contributed by atoms with E-state index in [1.54, 1.807) is 12.1 Å². The number of benzene rings is 2. The molecule has 6 heteroatoms. The molecule has 0 spiro atoms. The molecule has 4 rings (SSSR count). The van der Waals surface area contributed by atoms with Gasteiger partial charge in [0, 0.05) is 17.4 Å². The Morgan fingerprint density at radius 1 is 1.05 bits per heavy atom. The van der Waals surface area contributed by atoms with E-state index in [4.69, 9.17) is 4.55 Å². The molecular weight excluding hydrogens is 302 g/mol. The van der Waals surface area contributed by atoms with Gasteiger partial charge in [-0.3, -0.25) is 9.35 Å². The second-order valence-corrected chi connectivity index (χ2v) is 6.75. The zero-order valence-corrected chi connectivity index (χ0v) is 12.1. The maximum absolute atomic E-state index is 12.2. The molecule has 1 aromatic heterocycles. The lowest BCUT2D eigenvalue weighted by Crippen LogP contribution is -2.08. The highest BCUT2D eigenvalue weighted by Crippen LogP contribution is 2.38. The van der Waals surface area contributed by atoms with E-state index in [1.165, 1.54) is 12.1 Å². The molecule has 1 aliphatic carbocycles. The standard InChI is InChI=1S/C16H11NO4S/c18-16-13-4-2-1-3-12(13)14-8-9-7-10(22(19,20)21)5-6-11(9)15(14)17-16/h1-7H,8H2,(H,17,18)(H,19,20,21). The number of pyridine rings is 1. The Morgan fingerprint density at radius 3 is 2.50 bits per heavy atom. The minimum atomic E-state index is -4.23. The molecule has 0 aliphatic heterocycles. The van der Waals surface area contributed by atoms with Crippen molar-refractivity contribution in [2.45, 2.75) is 11.3 Å². The second kappa shape index (κ2) is 4.28. The molecular formula is C16H11NO4S. The lowest BCUT2D eigenvalue weighted by atomic mass is 10.0. The zero-order valence-electron chi connectivity index (χ0n) is 11.3. The highest BCUT2D eigenvalue weighted by Gasteiger charge is 2.24. The Kier molecular flexibility index (Phi) is 2.58. The van der Waals surface area contributed by atoms with Crippen LogP contribution in [0, 0.1) is 0 Å². The number of hydrogen-bond donors (Lipinski definition) is 2. The first-order valence-corrected chi connectivity index (χ1v) is 8.14. The summed E-state index contributed by atoms with van der Waals surface area (Å²) in [5, 5.41) is 1.48. The molecule has 1 heterocycles. The van der Waals surface area contributed by atoms with Crippen molar-refractivity contribution in [3.8, 4) is 11.3 Å². The van der Waals surface area contributed by atoms with Gasteiger partial charge in [0.15, 0.2) is 0 Å². The molecule has 0 saturated heterocycles. The van der Waals surface area contributed by atoms with Crippen LogP contribution < -0.4 is 5.56 Å². The van der Waals surface area contributed by atoms with Crippen molar-refractivity contribution in [3.63, 3.8) is 0 Å². The summed E-state index contributed by atoms with van der Waals surface area (Å²) in [6.45, 7) is 0. The van der Waals surface area contributed by atoms with E-state index in [2.05, 4.69) is 4.98 Å². The monoisotopic (exact) mass is 313 g/mol. The van der Waals surface area contributed by atoms with E-state index >= 15 is 0 Å². The molecule has 2 N–H and O–H groups in total. The van der Waals surface area contributed by atoms with Crippen molar-refractivity contribution in [3.05, 3.63) is 63.9 Å². The van der Waals surface area contributed by atoms with E-state index in [-0.39, 0.29) is 10.5 Å². The normalized spacial score (nSPS) is 13.1. The summed E-state index contributed by atoms with van der Waals surface area (Å²) >= 11 is 0. The van der Waals surface area contributed by atoms with Crippen LogP contribution >= 0.6 is 0 Å². The minimum absolute atomic E-state index is 0.134. The summed E-state index contributed by atoms with van der Waals surface area (Å²) in [7, 11) is -4.23. The molecule has 0 bridgehead atoms. The van der Waals surface area contributed by atoms with E-state index in [9.17, 15) is 13.2 Å². The van der Waals surface area contributed by atoms with Crippen molar-refractivity contribution in [1.82, 2.24) is 4.98 Å². The Bertz CT molecular complexity index is 1100. The molecule has 0 fully saturated rings. The first-order chi connectivity index (χ1) is 10.4. The highest BCUT2D eigenvalue weighted by atomic mass is 32.2. The number of aromatic nitrogens is 1. The minimum Gasteiger partial charge on any atom is -0.321 e. The van der Waals surface area contributed by atoms with Gasteiger partial charge in [-0.05, 0) is 34.7 Å². The molecule has 0 radical (unpaired) electrons. The SMILES string of the molecule is O=c1[nH]c2c(c3ccccc13)Cc1cc(S(=O)(=O)O)ccc1-2. The summed E-state index contributed by atoms with van der Waals surface area (Å²) in [4.78, 5) is 14.9. The summed E-state index contributed by atoms with van der Waals surface area (Å²) in [6, 6.07) is 11.8. The first kappa shape index (κ1) is 13.2. The van der Waals surface area contributed by atoms with E-state index in [0.29, 0.717) is 11.8 Å². The fourth-order valence-corrected chi connectivity index (χ4v) is 3.59. The van der Waals surface area contributed by atoms with Gasteiger partial charge in [0.25, 0.3) is 15.7 Å². The Morgan fingerprint density at radius 2 is 1.77 bits per heavy atom. The first-order valence-electron chi connectivity index (χ1n) is 6.70. The van der Waals surface area contributed by atoms with Crippen molar-refractivity contribution in [2.75, 3.05) is 0 Å². The van der Waals surface area contributed by atoms with Crippen LogP contribution in [-0.2, 0) is 16.5 Å². The molecule has 2 aromatic carbocycles. The van der Waals surface area contributed by atoms with Crippen LogP contribution in [-0.4, -0.2) is 18.0 Å². The third-order valence-electron chi connectivity index (χ3n) is 4.05. The van der Waals surface area contributed by atoms with Gasteiger partial charge in [0.1, 0.15) is 0 Å². The largest absolute Gasteiger partial charge is 0.321 e. The Hall–Kier alpha value is -2.44. The quantitative estimate of drug-likeness (QED) is 0.528. The van der Waals surface area contributed by atoms with Crippen molar-refractivity contribution in [1.29, 1.82) is 0 Å². The van der Waals surface area contributed by atoms with Gasteiger partial charge in [-0.1, -0.05) is 24.3 Å². The third-order valence-corrected chi connectivity index (χ3v) is 4.90. The van der Waals surface area contributed by atoms with Gasteiger partial charge in [-0.15, -0.1) is 0 Å². The van der Waals surface area contributed by atoms with Crippen molar-refractivity contribution in [2.24, 2.45) is 0 Å². The van der Waals surface area contributed by atoms with Gasteiger partial charge < -0.3 is 4.98 Å². The van der Waals surface area contributed by atoms with Crippen molar-refractivity contribution < 1.29 is 13.0 Å². The molecule has 110 valence electrons. The maximum Gasteiger partial charge on any atom is 0.294 e. The van der Waals surface area contributed by atoms with E-state index in [0.717, 1.165) is 27.8 Å². The topological polar surface area (TPSA) is 87.2 Å². The molecule has 22 heavy (non-hydrogen) atoms. The average Bonchev–Trinajstić information content (AvgIpc) is 2.85. The predicted molar refractivity (Wildman–Crippen MR) is 82.6 cm³/mol. The summed E-state index contributed by atoms with van der Waals surface area (Å²) in [6.07, 6.45) is 0.519. The molecule has 3 aromatic rings. The van der Waals surface area contributed by atoms with E-state index < -0.39 is 10.1 Å². The fourth-order valence-electron chi connectivity index (χ4n) is 3.06. The van der Waals surface area contributed by atoms with E-state index in [1.807, 2.05) is 18.2 Å². The maximum atomic E-state index is 12.2. The average molecular weight is 313 g/mol. The molecule has 5 nitrogen and oxygen atoms in total. The van der Waals surface area contributed by atoms with Gasteiger partial charge in [-0.25, -0.2) is 0 Å². The molecule has 0 atom stereocenters. The van der Waals surface area contributed by atoms with Gasteiger partial charge in [-0.2, -0.15) is 8.42 Å². The predicted octanol–water partition coefficient (Wildman–Crippen LogP) is 2.35. The lowest BCUT2D eigenvalue weighted by Gasteiger charge is -2.05. The zero-order chi connectivity index (χ0) is 15.5. The summed E-state index contributed by atoms with van der Waals surface area (Å²) in [5.74, 6) is 0. The van der Waals surface area contributed by atoms with Crippen LogP contribution in [0.15, 0.2) is 52.2 Å². The molecule has 0 saturated carbocycles. The highest BCUT2D eigenvalue weighted by molar-refractivity contribution is 7.85. The molecule has 1 aliphatic rings. The Balaban J connectivity index is 2.02. The van der Waals surface area contributed by atoms with Gasteiger partial charge >= 0.3 is 0 Å². The van der Waals surface area contributed by atoms with Crippen LogP contribution in [0.4, 0.5) is 0 Å². The summed E-state index contributed by atoms with van der Waals surface area (Å²) < 4.78 is 31.7. The molecule has 0 unspecified atom stereocenters. The van der Waals surface area contributed by atoms with Crippen LogP contribution in [0.1, 0.15) is 11.1 Å². The summed E-state index contributed by atoms with van der Waals surface area (Å²) in [5.41, 5.74) is 3.10. The number of aromatic amines is 1. The Labute approximate surface area is 126 Å². The van der Waals surface area contributed by atoms with Crippen LogP contribution in [0.25, 0.3) is 22.0 Å². The number of fused-ring (bicyclic) bond motifs is 5. The third kappa shape index (κ3) is 1.81. The number of hydrogen-bond acceptors (Lipinski definition) is 3. The number of H-pyrrole nitrogens is 1. The molecule has 0 amide bonds. The van der Waals surface area contributed by atoms with Crippen LogP contribution in [0.5, 0.6) is 0 Å².